The zero-order chi connectivity index (χ0) is 26.2. The summed E-state index contributed by atoms with van der Waals surface area (Å²) in [5, 5.41) is 15.1. The molecule has 1 saturated heterocycles. The Morgan fingerprint density at radius 2 is 1.91 bits per heavy atom. The second kappa shape index (κ2) is 12.9. The van der Waals surface area contributed by atoms with E-state index in [0.717, 1.165) is 30.6 Å². The van der Waals surface area contributed by atoms with Crippen LogP contribution >= 0.6 is 0 Å². The van der Waals surface area contributed by atoms with Crippen molar-refractivity contribution >= 4 is 23.8 Å². The first kappa shape index (κ1) is 28.7. The van der Waals surface area contributed by atoms with Crippen LogP contribution in [0.25, 0.3) is 0 Å². The molecule has 35 heavy (non-hydrogen) atoms. The molecule has 0 radical (unpaired) electrons. The zero-order valence-electron chi connectivity index (χ0n) is 21.8. The zero-order valence-corrected chi connectivity index (χ0v) is 21.8. The molecule has 2 rings (SSSR count). The number of carbonyl (C=O) groups excluding carboxylic acids is 3. The highest BCUT2D eigenvalue weighted by Crippen LogP contribution is 2.37. The van der Waals surface area contributed by atoms with Gasteiger partial charge in [0.15, 0.2) is 0 Å². The van der Waals surface area contributed by atoms with Crippen LogP contribution in [0.5, 0.6) is 0 Å². The molecule has 198 valence electrons. The van der Waals surface area contributed by atoms with Crippen LogP contribution in [0.3, 0.4) is 0 Å². The van der Waals surface area contributed by atoms with Gasteiger partial charge in [0.05, 0.1) is 0 Å². The van der Waals surface area contributed by atoms with Crippen molar-refractivity contribution in [2.24, 2.45) is 17.3 Å². The third kappa shape index (κ3) is 8.25. The predicted molar refractivity (Wildman–Crippen MR) is 135 cm³/mol. The van der Waals surface area contributed by atoms with E-state index in [1.54, 1.807) is 4.90 Å². The Labute approximate surface area is 209 Å². The van der Waals surface area contributed by atoms with Crippen LogP contribution in [0.1, 0.15) is 72.6 Å². The molecule has 2 aliphatic rings. The largest absolute Gasteiger partial charge is 0.465 e. The van der Waals surface area contributed by atoms with Gasteiger partial charge in [-0.2, -0.15) is 0 Å². The maximum absolute atomic E-state index is 13.5. The van der Waals surface area contributed by atoms with E-state index in [9.17, 15) is 24.3 Å². The molecular formula is C26H44N4O5. The molecule has 9 heteroatoms. The van der Waals surface area contributed by atoms with Crippen LogP contribution in [-0.2, 0) is 14.4 Å². The monoisotopic (exact) mass is 492 g/mol. The second-order valence-corrected chi connectivity index (χ2v) is 11.1. The Morgan fingerprint density at radius 1 is 1.23 bits per heavy atom. The van der Waals surface area contributed by atoms with Crippen LogP contribution in [0.2, 0.25) is 0 Å². The van der Waals surface area contributed by atoms with Crippen LogP contribution in [0.15, 0.2) is 12.7 Å². The molecule has 0 spiro atoms. The molecule has 1 heterocycles. The lowest BCUT2D eigenvalue weighted by Crippen LogP contribution is -2.58. The minimum atomic E-state index is -1.22. The molecule has 1 aliphatic heterocycles. The third-order valence-electron chi connectivity index (χ3n) is 7.12. The number of likely N-dealkylation sites (tertiary alicyclic amines) is 1. The molecule has 0 aromatic carbocycles. The summed E-state index contributed by atoms with van der Waals surface area (Å²) in [6.45, 7) is 11.9. The van der Waals surface area contributed by atoms with Crippen LogP contribution in [0.4, 0.5) is 4.79 Å². The molecule has 3 N–H and O–H groups in total. The minimum Gasteiger partial charge on any atom is -0.465 e. The highest BCUT2D eigenvalue weighted by Gasteiger charge is 2.40. The number of rotatable bonds is 12. The molecule has 0 unspecified atom stereocenters. The van der Waals surface area contributed by atoms with Gasteiger partial charge in [-0.05, 0) is 37.0 Å². The van der Waals surface area contributed by atoms with E-state index in [-0.39, 0.29) is 36.9 Å². The first-order chi connectivity index (χ1) is 16.5. The van der Waals surface area contributed by atoms with Crippen molar-refractivity contribution in [1.82, 2.24) is 20.4 Å². The van der Waals surface area contributed by atoms with Crippen molar-refractivity contribution in [1.29, 1.82) is 0 Å². The number of hydrogen-bond donors (Lipinski definition) is 3. The number of carbonyl (C=O) groups is 4. The topological polar surface area (TPSA) is 119 Å². The Kier molecular flexibility index (Phi) is 10.6. The number of nitrogens with zero attached hydrogens (tertiary/aromatic N) is 2. The van der Waals surface area contributed by atoms with Gasteiger partial charge in [0.25, 0.3) is 0 Å². The molecular weight excluding hydrogens is 448 g/mol. The number of nitrogens with one attached hydrogen (secondary N) is 2. The van der Waals surface area contributed by atoms with E-state index in [1.807, 2.05) is 20.8 Å². The fraction of sp³-hybridized carbons (Fsp3) is 0.769. The van der Waals surface area contributed by atoms with Crippen molar-refractivity contribution in [3.63, 3.8) is 0 Å². The van der Waals surface area contributed by atoms with Gasteiger partial charge in [-0.1, -0.05) is 53.0 Å². The average Bonchev–Trinajstić information content (AvgIpc) is 3.22. The standard InChI is InChI=1S/C26H44N4O5/c1-6-8-10-18-14-19(15-18)23(32)27-16-20-11-9-13-30(20)24(33)22(26(3,4)5)28-21(31)17-29(12-7-2)25(34)35/h7,18-20,22H,2,6,8-17H2,1,3-5H3,(H,27,32)(H,28,31)(H,34,35)/t18-,19-,20-,22-/m1/s1. The van der Waals surface area contributed by atoms with Crippen molar-refractivity contribution in [3.8, 4) is 0 Å². The summed E-state index contributed by atoms with van der Waals surface area (Å²) in [4.78, 5) is 52.8. The number of hydrogen-bond acceptors (Lipinski definition) is 4. The minimum absolute atomic E-state index is 0.0190. The summed E-state index contributed by atoms with van der Waals surface area (Å²) in [5.41, 5.74) is -0.574. The van der Waals surface area contributed by atoms with Gasteiger partial charge < -0.3 is 20.6 Å². The van der Waals surface area contributed by atoms with Gasteiger partial charge in [0, 0.05) is 31.6 Å². The molecule has 0 bridgehead atoms. The molecule has 9 nitrogen and oxygen atoms in total. The van der Waals surface area contributed by atoms with Crippen LogP contribution < -0.4 is 10.6 Å². The summed E-state index contributed by atoms with van der Waals surface area (Å²) in [5.74, 6) is 0.0890. The summed E-state index contributed by atoms with van der Waals surface area (Å²) in [6.07, 6.45) is 7.32. The van der Waals surface area contributed by atoms with Gasteiger partial charge in [0.2, 0.25) is 17.7 Å². The van der Waals surface area contributed by atoms with E-state index in [1.165, 1.54) is 25.3 Å². The SMILES string of the molecule is C=CCN(CC(=O)N[C@H](C(=O)N1CCC[C@@H]1CNC(=O)[C@H]1C[C@H](CCCC)C1)C(C)(C)C)C(=O)O. The van der Waals surface area contributed by atoms with Crippen molar-refractivity contribution < 1.29 is 24.3 Å². The lowest BCUT2D eigenvalue weighted by molar-refractivity contribution is -0.140. The molecule has 2 atom stereocenters. The fourth-order valence-electron chi connectivity index (χ4n) is 4.94. The fourth-order valence-corrected chi connectivity index (χ4v) is 4.94. The molecule has 2 fully saturated rings. The number of carboxylic acid groups (broad SMARTS) is 1. The Balaban J connectivity index is 1.94. The lowest BCUT2D eigenvalue weighted by Gasteiger charge is -2.37. The second-order valence-electron chi connectivity index (χ2n) is 11.1. The van der Waals surface area contributed by atoms with Crippen molar-refractivity contribution in [3.05, 3.63) is 12.7 Å². The van der Waals surface area contributed by atoms with E-state index in [2.05, 4.69) is 24.1 Å². The van der Waals surface area contributed by atoms with Crippen LogP contribution in [-0.4, -0.2) is 77.0 Å². The van der Waals surface area contributed by atoms with E-state index >= 15 is 0 Å². The number of unbranched alkanes of at least 4 members (excludes halogenated alkanes) is 1. The molecule has 4 amide bonds. The highest BCUT2D eigenvalue weighted by molar-refractivity contribution is 5.90. The van der Waals surface area contributed by atoms with Gasteiger partial charge >= 0.3 is 6.09 Å². The smallest absolute Gasteiger partial charge is 0.408 e. The maximum atomic E-state index is 13.5. The molecule has 1 aliphatic carbocycles. The van der Waals surface area contributed by atoms with Gasteiger partial charge in [0.1, 0.15) is 12.6 Å². The average molecular weight is 493 g/mol. The maximum Gasteiger partial charge on any atom is 0.408 e. The van der Waals surface area contributed by atoms with Gasteiger partial charge in [-0.3, -0.25) is 19.3 Å². The molecule has 1 saturated carbocycles. The third-order valence-corrected chi connectivity index (χ3v) is 7.12. The quantitative estimate of drug-likeness (QED) is 0.362. The normalized spacial score (nSPS) is 22.6. The van der Waals surface area contributed by atoms with Crippen molar-refractivity contribution in [2.75, 3.05) is 26.2 Å². The van der Waals surface area contributed by atoms with Gasteiger partial charge in [-0.15, -0.1) is 6.58 Å². The van der Waals surface area contributed by atoms with E-state index < -0.39 is 23.5 Å². The number of amides is 4. The van der Waals surface area contributed by atoms with Crippen LogP contribution in [0, 0.1) is 17.3 Å². The molecule has 0 aromatic heterocycles. The first-order valence-corrected chi connectivity index (χ1v) is 12.9. The Hall–Kier alpha value is -2.58. The Bertz CT molecular complexity index is 772. The first-order valence-electron chi connectivity index (χ1n) is 12.9. The lowest BCUT2D eigenvalue weighted by atomic mass is 9.72. The molecule has 0 aromatic rings. The summed E-state index contributed by atoms with van der Waals surface area (Å²) < 4.78 is 0. The van der Waals surface area contributed by atoms with E-state index in [0.29, 0.717) is 19.0 Å². The summed E-state index contributed by atoms with van der Waals surface area (Å²) >= 11 is 0. The summed E-state index contributed by atoms with van der Waals surface area (Å²) in [7, 11) is 0. The van der Waals surface area contributed by atoms with Gasteiger partial charge in [-0.25, -0.2) is 4.79 Å². The Morgan fingerprint density at radius 3 is 2.49 bits per heavy atom. The van der Waals surface area contributed by atoms with E-state index in [4.69, 9.17) is 0 Å². The predicted octanol–water partition coefficient (Wildman–Crippen LogP) is 3.01. The van der Waals surface area contributed by atoms with Crippen molar-refractivity contribution in [2.45, 2.75) is 84.7 Å². The summed E-state index contributed by atoms with van der Waals surface area (Å²) in [6, 6.07) is -0.919. The highest BCUT2D eigenvalue weighted by atomic mass is 16.4.